The van der Waals surface area contributed by atoms with Gasteiger partial charge in [-0.2, -0.15) is 0 Å². The van der Waals surface area contributed by atoms with E-state index in [4.69, 9.17) is 0 Å². The summed E-state index contributed by atoms with van der Waals surface area (Å²) in [6.07, 6.45) is 0. The Labute approximate surface area is 131 Å². The molecule has 7 heteroatoms. The Morgan fingerprint density at radius 3 is 2.14 bits per heavy atom. The smallest absolute Gasteiger partial charge is 0.263 e. The summed E-state index contributed by atoms with van der Waals surface area (Å²) in [6.45, 7) is 6.86. The Bertz CT molecular complexity index is 710. The zero-order valence-electron chi connectivity index (χ0n) is 12.9. The zero-order valence-corrected chi connectivity index (χ0v) is 13.7. The normalized spacial score (nSPS) is 11.5. The highest BCUT2D eigenvalue weighted by Gasteiger charge is 2.14. The molecule has 0 saturated heterocycles. The molecule has 0 aliphatic rings. The van der Waals surface area contributed by atoms with Crippen LogP contribution in [0.3, 0.4) is 0 Å². The summed E-state index contributed by atoms with van der Waals surface area (Å²) in [7, 11) is -3.64. The fourth-order valence-corrected chi connectivity index (χ4v) is 2.70. The predicted octanol–water partition coefficient (Wildman–Crippen LogP) is 2.65. The Balaban J connectivity index is 2.08. The van der Waals surface area contributed by atoms with Gasteiger partial charge < -0.3 is 5.32 Å². The largest absolute Gasteiger partial charge is 0.368 e. The van der Waals surface area contributed by atoms with Crippen LogP contribution in [0.2, 0.25) is 0 Å². The van der Waals surface area contributed by atoms with Crippen molar-refractivity contribution >= 4 is 21.7 Å². The van der Waals surface area contributed by atoms with Crippen molar-refractivity contribution in [3.63, 3.8) is 0 Å². The van der Waals surface area contributed by atoms with E-state index in [1.54, 1.807) is 36.4 Å². The fraction of sp³-hybridized carbons (Fsp3) is 0.333. The van der Waals surface area contributed by atoms with Crippen molar-refractivity contribution in [1.29, 1.82) is 0 Å². The highest BCUT2D eigenvalue weighted by molar-refractivity contribution is 7.92. The van der Waals surface area contributed by atoms with Gasteiger partial charge in [-0.05, 0) is 37.1 Å². The third kappa shape index (κ3) is 4.42. The summed E-state index contributed by atoms with van der Waals surface area (Å²) in [5.41, 5.74) is 0.999. The number of benzene rings is 1. The average Bonchev–Trinajstić information content (AvgIpc) is 2.46. The van der Waals surface area contributed by atoms with Gasteiger partial charge >= 0.3 is 0 Å². The van der Waals surface area contributed by atoms with Gasteiger partial charge in [0.1, 0.15) is 5.82 Å². The lowest BCUT2D eigenvalue weighted by Crippen LogP contribution is -2.15. The molecule has 0 amide bonds. The molecule has 2 rings (SSSR count). The lowest BCUT2D eigenvalue weighted by Gasteiger charge is -2.09. The van der Waals surface area contributed by atoms with Gasteiger partial charge in [-0.25, -0.2) is 8.42 Å². The molecule has 1 heterocycles. The molecule has 2 aromatic rings. The van der Waals surface area contributed by atoms with Crippen LogP contribution < -0.4 is 10.0 Å². The summed E-state index contributed by atoms with van der Waals surface area (Å²) in [4.78, 5) is 0.196. The number of nitrogens with one attached hydrogen (secondary N) is 2. The quantitative estimate of drug-likeness (QED) is 0.855. The molecule has 0 aliphatic carbocycles. The first-order chi connectivity index (χ1) is 10.4. The van der Waals surface area contributed by atoms with Gasteiger partial charge in [0.15, 0.2) is 5.82 Å². The molecule has 0 unspecified atom stereocenters. The molecule has 0 radical (unpaired) electrons. The van der Waals surface area contributed by atoms with E-state index in [1.165, 1.54) is 0 Å². The molecule has 1 aromatic heterocycles. The number of hydrogen-bond acceptors (Lipinski definition) is 5. The summed E-state index contributed by atoms with van der Waals surface area (Å²) < 4.78 is 26.9. The molecule has 0 aliphatic heterocycles. The average molecular weight is 320 g/mol. The van der Waals surface area contributed by atoms with Gasteiger partial charge in [-0.3, -0.25) is 4.72 Å². The van der Waals surface area contributed by atoms with Crippen LogP contribution in [0.4, 0.5) is 11.6 Å². The number of rotatable bonds is 6. The van der Waals surface area contributed by atoms with Gasteiger partial charge in [0.25, 0.3) is 10.0 Å². The van der Waals surface area contributed by atoms with Crippen molar-refractivity contribution in [2.45, 2.75) is 25.7 Å². The maximum absolute atomic E-state index is 12.2. The highest BCUT2D eigenvalue weighted by Crippen LogP contribution is 2.15. The SMILES string of the molecule is Cc1ccc(S(=O)(=O)Nc2ccc(NCC(C)C)nn2)cc1. The summed E-state index contributed by atoms with van der Waals surface area (Å²) in [5.74, 6) is 1.30. The van der Waals surface area contributed by atoms with E-state index in [0.717, 1.165) is 12.1 Å². The summed E-state index contributed by atoms with van der Waals surface area (Å²) in [5, 5.41) is 11.0. The third-order valence-electron chi connectivity index (χ3n) is 2.93. The Morgan fingerprint density at radius 1 is 1.00 bits per heavy atom. The Hall–Kier alpha value is -2.15. The minimum atomic E-state index is -3.64. The number of aryl methyl sites for hydroxylation is 1. The molecule has 22 heavy (non-hydrogen) atoms. The first-order valence-electron chi connectivity index (χ1n) is 7.04. The molecule has 0 fully saturated rings. The molecule has 0 saturated carbocycles. The van der Waals surface area contributed by atoms with Crippen molar-refractivity contribution in [2.24, 2.45) is 5.92 Å². The second kappa shape index (κ2) is 6.74. The maximum Gasteiger partial charge on any atom is 0.263 e. The standard InChI is InChI=1S/C15H20N4O2S/c1-11(2)10-16-14-8-9-15(18-17-14)19-22(20,21)13-6-4-12(3)5-7-13/h4-9,11H,10H2,1-3H3,(H,16,17)(H,18,19). The minimum Gasteiger partial charge on any atom is -0.368 e. The lowest BCUT2D eigenvalue weighted by molar-refractivity contribution is 0.601. The number of nitrogens with zero attached hydrogens (tertiary/aromatic N) is 2. The Morgan fingerprint density at radius 2 is 1.59 bits per heavy atom. The van der Waals surface area contributed by atoms with E-state index in [9.17, 15) is 8.42 Å². The van der Waals surface area contributed by atoms with Crippen molar-refractivity contribution in [3.8, 4) is 0 Å². The van der Waals surface area contributed by atoms with Crippen LogP contribution in [0, 0.1) is 12.8 Å². The van der Waals surface area contributed by atoms with Crippen molar-refractivity contribution in [2.75, 3.05) is 16.6 Å². The molecule has 0 spiro atoms. The van der Waals surface area contributed by atoms with Crippen LogP contribution in [0.25, 0.3) is 0 Å². The van der Waals surface area contributed by atoms with Gasteiger partial charge in [0.2, 0.25) is 0 Å². The number of aromatic nitrogens is 2. The highest BCUT2D eigenvalue weighted by atomic mass is 32.2. The van der Waals surface area contributed by atoms with Crippen LogP contribution >= 0.6 is 0 Å². The minimum absolute atomic E-state index is 0.190. The topological polar surface area (TPSA) is 84.0 Å². The molecule has 0 bridgehead atoms. The van der Waals surface area contributed by atoms with Gasteiger partial charge in [0.05, 0.1) is 4.90 Å². The molecule has 118 valence electrons. The Kier molecular flexibility index (Phi) is 4.97. The van der Waals surface area contributed by atoms with Gasteiger partial charge in [-0.15, -0.1) is 10.2 Å². The van der Waals surface area contributed by atoms with Crippen molar-refractivity contribution in [3.05, 3.63) is 42.0 Å². The molecule has 1 aromatic carbocycles. The number of sulfonamides is 1. The van der Waals surface area contributed by atoms with Gasteiger partial charge in [-0.1, -0.05) is 31.5 Å². The maximum atomic E-state index is 12.2. The third-order valence-corrected chi connectivity index (χ3v) is 4.30. The van der Waals surface area contributed by atoms with Crippen molar-refractivity contribution < 1.29 is 8.42 Å². The van der Waals surface area contributed by atoms with Crippen LogP contribution in [0.1, 0.15) is 19.4 Å². The van der Waals surface area contributed by atoms with Crippen LogP contribution in [-0.4, -0.2) is 25.2 Å². The first-order valence-corrected chi connectivity index (χ1v) is 8.52. The fourth-order valence-electron chi connectivity index (χ4n) is 1.70. The monoisotopic (exact) mass is 320 g/mol. The van der Waals surface area contributed by atoms with Crippen molar-refractivity contribution in [1.82, 2.24) is 10.2 Å². The van der Waals surface area contributed by atoms with E-state index in [-0.39, 0.29) is 10.7 Å². The van der Waals surface area contributed by atoms with Crippen LogP contribution in [0.15, 0.2) is 41.3 Å². The number of anilines is 2. The van der Waals surface area contributed by atoms with E-state index in [0.29, 0.717) is 11.7 Å². The van der Waals surface area contributed by atoms with E-state index < -0.39 is 10.0 Å². The second-order valence-electron chi connectivity index (χ2n) is 5.50. The van der Waals surface area contributed by atoms with Gasteiger partial charge in [0, 0.05) is 6.54 Å². The van der Waals surface area contributed by atoms with Crippen LogP contribution in [-0.2, 0) is 10.0 Å². The lowest BCUT2D eigenvalue weighted by atomic mass is 10.2. The van der Waals surface area contributed by atoms with Crippen LogP contribution in [0.5, 0.6) is 0 Å². The molecule has 0 atom stereocenters. The number of hydrogen-bond donors (Lipinski definition) is 2. The molecular formula is C15H20N4O2S. The molecular weight excluding hydrogens is 300 g/mol. The van der Waals surface area contributed by atoms with E-state index in [2.05, 4.69) is 34.1 Å². The summed E-state index contributed by atoms with van der Waals surface area (Å²) >= 11 is 0. The first kappa shape index (κ1) is 16.2. The molecule has 2 N–H and O–H groups in total. The summed E-state index contributed by atoms with van der Waals surface area (Å²) in [6, 6.07) is 9.90. The zero-order chi connectivity index (χ0) is 16.2. The van der Waals surface area contributed by atoms with E-state index >= 15 is 0 Å². The second-order valence-corrected chi connectivity index (χ2v) is 7.18. The van der Waals surface area contributed by atoms with E-state index in [1.807, 2.05) is 6.92 Å². The predicted molar refractivity (Wildman–Crippen MR) is 87.3 cm³/mol. The molecule has 6 nitrogen and oxygen atoms in total.